The van der Waals surface area contributed by atoms with Crippen LogP contribution < -0.4 is 9.47 Å². The van der Waals surface area contributed by atoms with Crippen LogP contribution in [0.5, 0.6) is 11.5 Å². The highest BCUT2D eigenvalue weighted by atomic mass is 32.1. The lowest BCUT2D eigenvalue weighted by atomic mass is 10.1. The molecular weight excluding hydrogens is 400 g/mol. The van der Waals surface area contributed by atoms with Gasteiger partial charge in [-0.15, -0.1) is 11.3 Å². The van der Waals surface area contributed by atoms with Gasteiger partial charge in [0.05, 0.1) is 17.0 Å². The fourth-order valence-corrected chi connectivity index (χ4v) is 4.86. The molecule has 1 saturated carbocycles. The number of aryl methyl sites for hydroxylation is 1. The second-order valence-electron chi connectivity index (χ2n) is 7.82. The van der Waals surface area contributed by atoms with Crippen molar-refractivity contribution in [2.45, 2.75) is 51.6 Å². The molecule has 0 saturated heterocycles. The number of ether oxygens (including phenoxy) is 2. The van der Waals surface area contributed by atoms with Crippen LogP contribution in [0.1, 0.15) is 42.7 Å². The normalized spacial score (nSPS) is 15.6. The van der Waals surface area contributed by atoms with E-state index in [9.17, 15) is 4.79 Å². The molecule has 0 radical (unpaired) electrons. The number of aromatic nitrogens is 1. The van der Waals surface area contributed by atoms with Crippen molar-refractivity contribution in [2.24, 2.45) is 0 Å². The molecule has 1 fully saturated rings. The number of hydrogen-bond acceptors (Lipinski definition) is 6. The summed E-state index contributed by atoms with van der Waals surface area (Å²) in [6.07, 6.45) is 4.69. The number of thiophene rings is 1. The maximum Gasteiger partial charge on any atom is 0.236 e. The summed E-state index contributed by atoms with van der Waals surface area (Å²) in [7, 11) is 0. The summed E-state index contributed by atoms with van der Waals surface area (Å²) in [5, 5.41) is 1.99. The van der Waals surface area contributed by atoms with Crippen LogP contribution in [0.2, 0.25) is 0 Å². The number of benzene rings is 1. The average Bonchev–Trinajstić information content (AvgIpc) is 3.53. The van der Waals surface area contributed by atoms with Crippen molar-refractivity contribution in [1.29, 1.82) is 0 Å². The molecule has 3 aromatic rings. The first-order valence-corrected chi connectivity index (χ1v) is 11.2. The minimum atomic E-state index is 0.0914. The van der Waals surface area contributed by atoms with Gasteiger partial charge in [0.2, 0.25) is 18.6 Å². The molecule has 0 bridgehead atoms. The SMILES string of the molecule is Cc1oc(-c2cccs2)nc1CC(=O)N(Cc1ccc2c(c1)OCO2)C1CCCC1. The monoisotopic (exact) mass is 424 g/mol. The van der Waals surface area contributed by atoms with Crippen LogP contribution in [0.4, 0.5) is 0 Å². The smallest absolute Gasteiger partial charge is 0.236 e. The molecule has 156 valence electrons. The molecule has 5 rings (SSSR count). The summed E-state index contributed by atoms with van der Waals surface area (Å²) >= 11 is 1.58. The van der Waals surface area contributed by atoms with E-state index in [0.717, 1.165) is 40.5 Å². The lowest BCUT2D eigenvalue weighted by molar-refractivity contribution is -0.133. The third kappa shape index (κ3) is 3.81. The van der Waals surface area contributed by atoms with Gasteiger partial charge < -0.3 is 18.8 Å². The van der Waals surface area contributed by atoms with Crippen molar-refractivity contribution in [1.82, 2.24) is 9.88 Å². The Morgan fingerprint density at radius 1 is 1.20 bits per heavy atom. The zero-order chi connectivity index (χ0) is 20.5. The molecule has 6 nitrogen and oxygen atoms in total. The molecule has 1 aromatic carbocycles. The molecule has 2 aliphatic rings. The highest BCUT2D eigenvalue weighted by Crippen LogP contribution is 2.34. The van der Waals surface area contributed by atoms with E-state index in [0.29, 0.717) is 18.2 Å². The lowest BCUT2D eigenvalue weighted by Gasteiger charge is -2.29. The Hall–Kier alpha value is -2.80. The van der Waals surface area contributed by atoms with E-state index >= 15 is 0 Å². The number of amides is 1. The van der Waals surface area contributed by atoms with Gasteiger partial charge in [-0.2, -0.15) is 0 Å². The molecule has 0 N–H and O–H groups in total. The second-order valence-corrected chi connectivity index (χ2v) is 8.77. The number of fused-ring (bicyclic) bond motifs is 1. The topological polar surface area (TPSA) is 64.8 Å². The van der Waals surface area contributed by atoms with Crippen LogP contribution in [0.15, 0.2) is 40.1 Å². The fraction of sp³-hybridized carbons (Fsp3) is 0.391. The predicted octanol–water partition coefficient (Wildman–Crippen LogP) is 4.95. The molecule has 30 heavy (non-hydrogen) atoms. The van der Waals surface area contributed by atoms with Gasteiger partial charge in [0.25, 0.3) is 0 Å². The largest absolute Gasteiger partial charge is 0.454 e. The predicted molar refractivity (Wildman–Crippen MR) is 114 cm³/mol. The number of nitrogens with zero attached hydrogens (tertiary/aromatic N) is 2. The molecule has 3 heterocycles. The van der Waals surface area contributed by atoms with E-state index in [1.165, 1.54) is 12.8 Å². The molecule has 1 aliphatic carbocycles. The number of hydrogen-bond donors (Lipinski definition) is 0. The molecule has 1 amide bonds. The van der Waals surface area contributed by atoms with Gasteiger partial charge in [0, 0.05) is 12.6 Å². The van der Waals surface area contributed by atoms with Gasteiger partial charge in [-0.25, -0.2) is 4.98 Å². The Kier molecular flexibility index (Phi) is 5.21. The molecule has 2 aromatic heterocycles. The molecule has 7 heteroatoms. The van der Waals surface area contributed by atoms with Crippen LogP contribution in [0.25, 0.3) is 10.8 Å². The van der Waals surface area contributed by atoms with Crippen LogP contribution >= 0.6 is 11.3 Å². The van der Waals surface area contributed by atoms with E-state index in [1.54, 1.807) is 11.3 Å². The summed E-state index contributed by atoms with van der Waals surface area (Å²) < 4.78 is 16.8. The summed E-state index contributed by atoms with van der Waals surface area (Å²) in [5.74, 6) is 2.90. The van der Waals surface area contributed by atoms with Gasteiger partial charge in [0.1, 0.15) is 5.76 Å². The maximum atomic E-state index is 13.4. The third-order valence-electron chi connectivity index (χ3n) is 5.82. The van der Waals surface area contributed by atoms with E-state index in [-0.39, 0.29) is 25.2 Å². The summed E-state index contributed by atoms with van der Waals surface area (Å²) in [6.45, 7) is 2.70. The number of oxazole rings is 1. The minimum Gasteiger partial charge on any atom is -0.454 e. The highest BCUT2D eigenvalue weighted by molar-refractivity contribution is 7.13. The van der Waals surface area contributed by atoms with Crippen LogP contribution in [-0.2, 0) is 17.8 Å². The molecule has 1 aliphatic heterocycles. The van der Waals surface area contributed by atoms with Crippen molar-refractivity contribution in [3.63, 3.8) is 0 Å². The molecular formula is C23H24N2O4S. The Balaban J connectivity index is 1.36. The van der Waals surface area contributed by atoms with Crippen molar-refractivity contribution < 1.29 is 18.7 Å². The first-order valence-electron chi connectivity index (χ1n) is 10.4. The molecule has 0 unspecified atom stereocenters. The maximum absolute atomic E-state index is 13.4. The van der Waals surface area contributed by atoms with Gasteiger partial charge in [-0.05, 0) is 48.9 Å². The summed E-state index contributed by atoms with van der Waals surface area (Å²) in [6, 6.07) is 10.1. The lowest BCUT2D eigenvalue weighted by Crippen LogP contribution is -2.39. The number of carbonyl (C=O) groups is 1. The van der Waals surface area contributed by atoms with Crippen LogP contribution in [-0.4, -0.2) is 28.6 Å². The Bertz CT molecular complexity index is 1040. The van der Waals surface area contributed by atoms with Gasteiger partial charge in [0.15, 0.2) is 11.5 Å². The standard InChI is InChI=1S/C23H24N2O4S/c1-15-18(24-23(29-15)21-7-4-10-30-21)12-22(26)25(17-5-2-3-6-17)13-16-8-9-19-20(11-16)28-14-27-19/h4,7-11,17H,2-3,5-6,12-14H2,1H3. The van der Waals surface area contributed by atoms with Crippen LogP contribution in [0, 0.1) is 6.92 Å². The third-order valence-corrected chi connectivity index (χ3v) is 6.68. The van der Waals surface area contributed by atoms with Crippen molar-refractivity contribution in [3.8, 4) is 22.3 Å². The van der Waals surface area contributed by atoms with Crippen molar-refractivity contribution in [2.75, 3.05) is 6.79 Å². The fourth-order valence-electron chi connectivity index (χ4n) is 4.22. The van der Waals surface area contributed by atoms with E-state index in [1.807, 2.05) is 47.5 Å². The van der Waals surface area contributed by atoms with Crippen molar-refractivity contribution in [3.05, 3.63) is 52.7 Å². The van der Waals surface area contributed by atoms with Gasteiger partial charge in [-0.3, -0.25) is 4.79 Å². The van der Waals surface area contributed by atoms with Gasteiger partial charge >= 0.3 is 0 Å². The molecule has 0 atom stereocenters. The van der Waals surface area contributed by atoms with Gasteiger partial charge in [-0.1, -0.05) is 25.0 Å². The molecule has 0 spiro atoms. The number of rotatable bonds is 6. The highest BCUT2D eigenvalue weighted by Gasteiger charge is 2.28. The van der Waals surface area contributed by atoms with E-state index in [4.69, 9.17) is 13.9 Å². The Morgan fingerprint density at radius 3 is 2.83 bits per heavy atom. The average molecular weight is 425 g/mol. The Labute approximate surface area is 179 Å². The zero-order valence-corrected chi connectivity index (χ0v) is 17.7. The quantitative estimate of drug-likeness (QED) is 0.560. The van der Waals surface area contributed by atoms with E-state index < -0.39 is 0 Å². The zero-order valence-electron chi connectivity index (χ0n) is 16.9. The summed E-state index contributed by atoms with van der Waals surface area (Å²) in [5.41, 5.74) is 1.77. The van der Waals surface area contributed by atoms with Crippen molar-refractivity contribution >= 4 is 17.2 Å². The van der Waals surface area contributed by atoms with Crippen LogP contribution in [0.3, 0.4) is 0 Å². The minimum absolute atomic E-state index is 0.0914. The first-order chi connectivity index (χ1) is 14.7. The van der Waals surface area contributed by atoms with E-state index in [2.05, 4.69) is 4.98 Å². The first kappa shape index (κ1) is 19.2. The second kappa shape index (κ2) is 8.14. The summed E-state index contributed by atoms with van der Waals surface area (Å²) in [4.78, 5) is 21.0. The number of carbonyl (C=O) groups excluding carboxylic acids is 1. The Morgan fingerprint density at radius 2 is 2.03 bits per heavy atom.